The van der Waals surface area contributed by atoms with Crippen LogP contribution in [0, 0.1) is 0 Å². The maximum atomic E-state index is 4.97. The molecule has 0 unspecified atom stereocenters. The van der Waals surface area contributed by atoms with E-state index in [1.807, 2.05) is 24.4 Å². The normalized spacial score (nSPS) is 10.3. The third kappa shape index (κ3) is 2.81. The Bertz CT molecular complexity index is 428. The highest BCUT2D eigenvalue weighted by Crippen LogP contribution is 2.28. The summed E-state index contributed by atoms with van der Waals surface area (Å²) in [5, 5.41) is 4.16. The molecular formula is C12H14N2OS. The fourth-order valence-electron chi connectivity index (χ4n) is 1.35. The summed E-state index contributed by atoms with van der Waals surface area (Å²) in [6, 6.07) is 10.3. The first-order chi connectivity index (χ1) is 7.90. The molecule has 0 aliphatic carbocycles. The van der Waals surface area contributed by atoms with E-state index in [1.54, 1.807) is 18.4 Å². The maximum Gasteiger partial charge on any atom is 0.183 e. The van der Waals surface area contributed by atoms with Crippen LogP contribution in [-0.2, 0) is 4.74 Å². The number of aromatic nitrogens is 1. The van der Waals surface area contributed by atoms with Crippen molar-refractivity contribution in [2.24, 2.45) is 0 Å². The van der Waals surface area contributed by atoms with Gasteiger partial charge >= 0.3 is 0 Å². The van der Waals surface area contributed by atoms with Gasteiger partial charge in [-0.1, -0.05) is 41.7 Å². The summed E-state index contributed by atoms with van der Waals surface area (Å²) in [6.07, 6.45) is 1.90. The molecular weight excluding hydrogens is 220 g/mol. The Kier molecular flexibility index (Phi) is 3.91. The van der Waals surface area contributed by atoms with Crippen LogP contribution in [0.25, 0.3) is 10.4 Å². The van der Waals surface area contributed by atoms with Crippen molar-refractivity contribution >= 4 is 16.5 Å². The molecule has 4 heteroatoms. The van der Waals surface area contributed by atoms with Crippen LogP contribution in [0.2, 0.25) is 0 Å². The molecule has 0 spiro atoms. The van der Waals surface area contributed by atoms with Gasteiger partial charge in [-0.25, -0.2) is 4.98 Å². The Hall–Kier alpha value is -1.39. The molecule has 0 saturated carbocycles. The second kappa shape index (κ2) is 5.63. The zero-order valence-electron chi connectivity index (χ0n) is 9.14. The van der Waals surface area contributed by atoms with Gasteiger partial charge in [0.05, 0.1) is 11.5 Å². The average Bonchev–Trinajstić information content (AvgIpc) is 2.79. The lowest BCUT2D eigenvalue weighted by Gasteiger charge is -1.99. The van der Waals surface area contributed by atoms with Gasteiger partial charge in [0, 0.05) is 19.9 Å². The van der Waals surface area contributed by atoms with Crippen LogP contribution in [-0.4, -0.2) is 25.2 Å². The lowest BCUT2D eigenvalue weighted by molar-refractivity contribution is 0.211. The van der Waals surface area contributed by atoms with Gasteiger partial charge in [-0.2, -0.15) is 0 Å². The fourth-order valence-corrected chi connectivity index (χ4v) is 2.20. The molecule has 0 fully saturated rings. The van der Waals surface area contributed by atoms with Crippen LogP contribution in [0.1, 0.15) is 0 Å². The van der Waals surface area contributed by atoms with Crippen LogP contribution < -0.4 is 5.32 Å². The molecule has 1 aromatic heterocycles. The van der Waals surface area contributed by atoms with Crippen LogP contribution >= 0.6 is 11.3 Å². The van der Waals surface area contributed by atoms with E-state index in [0.29, 0.717) is 6.61 Å². The number of methoxy groups -OCH3 is 1. The minimum Gasteiger partial charge on any atom is -0.383 e. The largest absolute Gasteiger partial charge is 0.383 e. The molecule has 1 aromatic carbocycles. The molecule has 0 atom stereocenters. The van der Waals surface area contributed by atoms with Gasteiger partial charge in [0.15, 0.2) is 5.13 Å². The van der Waals surface area contributed by atoms with E-state index in [-0.39, 0.29) is 0 Å². The first-order valence-corrected chi connectivity index (χ1v) is 5.96. The van der Waals surface area contributed by atoms with Gasteiger partial charge < -0.3 is 10.1 Å². The zero-order valence-corrected chi connectivity index (χ0v) is 9.96. The van der Waals surface area contributed by atoms with Gasteiger partial charge in [-0.15, -0.1) is 0 Å². The molecule has 3 nitrogen and oxygen atoms in total. The van der Waals surface area contributed by atoms with Crippen molar-refractivity contribution in [2.75, 3.05) is 25.6 Å². The number of thiazole rings is 1. The molecule has 0 saturated heterocycles. The second-order valence-electron chi connectivity index (χ2n) is 3.32. The molecule has 0 amide bonds. The van der Waals surface area contributed by atoms with Crippen molar-refractivity contribution < 1.29 is 4.74 Å². The van der Waals surface area contributed by atoms with E-state index >= 15 is 0 Å². The quantitative estimate of drug-likeness (QED) is 0.808. The van der Waals surface area contributed by atoms with Gasteiger partial charge in [0.25, 0.3) is 0 Å². The Morgan fingerprint density at radius 2 is 2.12 bits per heavy atom. The molecule has 16 heavy (non-hydrogen) atoms. The molecule has 0 aliphatic heterocycles. The van der Waals surface area contributed by atoms with E-state index in [1.165, 1.54) is 10.4 Å². The number of rotatable bonds is 5. The number of benzene rings is 1. The summed E-state index contributed by atoms with van der Waals surface area (Å²) in [4.78, 5) is 5.50. The topological polar surface area (TPSA) is 34.1 Å². The van der Waals surface area contributed by atoms with Crippen molar-refractivity contribution in [3.8, 4) is 10.4 Å². The van der Waals surface area contributed by atoms with Gasteiger partial charge in [-0.3, -0.25) is 0 Å². The van der Waals surface area contributed by atoms with Crippen molar-refractivity contribution in [3.05, 3.63) is 36.5 Å². The lowest BCUT2D eigenvalue weighted by Crippen LogP contribution is -2.06. The third-order valence-corrected chi connectivity index (χ3v) is 3.15. The van der Waals surface area contributed by atoms with Crippen molar-refractivity contribution in [3.63, 3.8) is 0 Å². The molecule has 0 bridgehead atoms. The van der Waals surface area contributed by atoms with Gasteiger partial charge in [0.1, 0.15) is 0 Å². The van der Waals surface area contributed by atoms with Gasteiger partial charge in [0.2, 0.25) is 0 Å². The van der Waals surface area contributed by atoms with Crippen molar-refractivity contribution in [1.82, 2.24) is 4.98 Å². The molecule has 2 rings (SSSR count). The monoisotopic (exact) mass is 234 g/mol. The number of nitrogens with zero attached hydrogens (tertiary/aromatic N) is 1. The summed E-state index contributed by atoms with van der Waals surface area (Å²) >= 11 is 1.66. The Labute approximate surface area is 99.1 Å². The first kappa shape index (κ1) is 11.1. The zero-order chi connectivity index (χ0) is 11.2. The van der Waals surface area contributed by atoms with Crippen molar-refractivity contribution in [1.29, 1.82) is 0 Å². The summed E-state index contributed by atoms with van der Waals surface area (Å²) < 4.78 is 4.97. The lowest BCUT2D eigenvalue weighted by atomic mass is 10.2. The Morgan fingerprint density at radius 1 is 1.31 bits per heavy atom. The SMILES string of the molecule is COCCNc1ncc(-c2ccccc2)s1. The standard InChI is InChI=1S/C12H14N2OS/c1-15-8-7-13-12-14-9-11(16-12)10-5-3-2-4-6-10/h2-6,9H,7-8H2,1H3,(H,13,14). The maximum absolute atomic E-state index is 4.97. The summed E-state index contributed by atoms with van der Waals surface area (Å²) in [6.45, 7) is 1.48. The van der Waals surface area contributed by atoms with E-state index in [4.69, 9.17) is 4.74 Å². The summed E-state index contributed by atoms with van der Waals surface area (Å²) in [5.74, 6) is 0. The minimum absolute atomic E-state index is 0.695. The summed E-state index contributed by atoms with van der Waals surface area (Å²) in [7, 11) is 1.69. The smallest absolute Gasteiger partial charge is 0.183 e. The molecule has 1 heterocycles. The predicted molar refractivity (Wildman–Crippen MR) is 67.9 cm³/mol. The molecule has 1 N–H and O–H groups in total. The third-order valence-electron chi connectivity index (χ3n) is 2.15. The van der Waals surface area contributed by atoms with Crippen molar-refractivity contribution in [2.45, 2.75) is 0 Å². The summed E-state index contributed by atoms with van der Waals surface area (Å²) in [5.41, 5.74) is 1.21. The highest BCUT2D eigenvalue weighted by molar-refractivity contribution is 7.18. The molecule has 0 radical (unpaired) electrons. The number of anilines is 1. The van der Waals surface area contributed by atoms with E-state index in [0.717, 1.165) is 11.7 Å². The Balaban J connectivity index is 2.02. The highest BCUT2D eigenvalue weighted by Gasteiger charge is 2.02. The second-order valence-corrected chi connectivity index (χ2v) is 4.35. The van der Waals surface area contributed by atoms with Gasteiger partial charge in [-0.05, 0) is 5.56 Å². The number of ether oxygens (including phenoxy) is 1. The molecule has 2 aromatic rings. The van der Waals surface area contributed by atoms with E-state index in [2.05, 4.69) is 22.4 Å². The molecule has 0 aliphatic rings. The Morgan fingerprint density at radius 3 is 2.88 bits per heavy atom. The minimum atomic E-state index is 0.695. The number of hydrogen-bond donors (Lipinski definition) is 1. The molecule has 84 valence electrons. The first-order valence-electron chi connectivity index (χ1n) is 5.14. The van der Waals surface area contributed by atoms with Crippen LogP contribution in [0.4, 0.5) is 5.13 Å². The van der Waals surface area contributed by atoms with Crippen LogP contribution in [0.5, 0.6) is 0 Å². The number of nitrogens with one attached hydrogen (secondary N) is 1. The van der Waals surface area contributed by atoms with Crippen LogP contribution in [0.3, 0.4) is 0 Å². The van der Waals surface area contributed by atoms with E-state index in [9.17, 15) is 0 Å². The highest BCUT2D eigenvalue weighted by atomic mass is 32.1. The van der Waals surface area contributed by atoms with E-state index < -0.39 is 0 Å². The fraction of sp³-hybridized carbons (Fsp3) is 0.250. The average molecular weight is 234 g/mol. The number of hydrogen-bond acceptors (Lipinski definition) is 4. The van der Waals surface area contributed by atoms with Crippen LogP contribution in [0.15, 0.2) is 36.5 Å². The predicted octanol–water partition coefficient (Wildman–Crippen LogP) is 2.87.